The van der Waals surface area contributed by atoms with E-state index in [0.29, 0.717) is 12.1 Å². The molecule has 0 bridgehead atoms. The third-order valence-corrected chi connectivity index (χ3v) is 4.54. The number of nitrogens with zero attached hydrogens (tertiary/aromatic N) is 1. The minimum Gasteiger partial charge on any atom is -0.319 e. The summed E-state index contributed by atoms with van der Waals surface area (Å²) in [6.45, 7) is 2.04. The second-order valence-corrected chi connectivity index (χ2v) is 6.53. The van der Waals surface area contributed by atoms with E-state index in [1.807, 2.05) is 0 Å². The number of nitrogens with one attached hydrogen (secondary N) is 2. The first-order valence-electron chi connectivity index (χ1n) is 9.03. The zero-order valence-electron chi connectivity index (χ0n) is 15.6. The first kappa shape index (κ1) is 20.4. The molecule has 0 aromatic heterocycles. The van der Waals surface area contributed by atoms with E-state index in [4.69, 9.17) is 10.6 Å². The molecule has 11 heteroatoms. The summed E-state index contributed by atoms with van der Waals surface area (Å²) < 4.78 is 0. The Morgan fingerprint density at radius 3 is 2.76 bits per heavy atom. The summed E-state index contributed by atoms with van der Waals surface area (Å²) in [5.41, 5.74) is 6.45. The fraction of sp³-hybridized carbons (Fsp3) is 0.389. The Morgan fingerprint density at radius 2 is 2.07 bits per heavy atom. The highest BCUT2D eigenvalue weighted by Gasteiger charge is 2.45. The Balaban J connectivity index is 1.77. The van der Waals surface area contributed by atoms with Crippen molar-refractivity contribution >= 4 is 29.7 Å². The van der Waals surface area contributed by atoms with Crippen LogP contribution >= 0.6 is 0 Å². The van der Waals surface area contributed by atoms with E-state index in [1.165, 1.54) is 6.07 Å². The van der Waals surface area contributed by atoms with Crippen LogP contribution in [0.25, 0.3) is 0 Å². The Morgan fingerprint density at radius 1 is 1.31 bits per heavy atom. The highest BCUT2D eigenvalue weighted by molar-refractivity contribution is 6.24. The van der Waals surface area contributed by atoms with Gasteiger partial charge >= 0.3 is 6.09 Å². The summed E-state index contributed by atoms with van der Waals surface area (Å²) in [4.78, 5) is 70.6. The summed E-state index contributed by atoms with van der Waals surface area (Å²) in [6.07, 6.45) is -1.82. The summed E-state index contributed by atoms with van der Waals surface area (Å²) in [5, 5.41) is 4.50. The molecule has 1 fully saturated rings. The molecule has 11 nitrogen and oxygen atoms in total. The summed E-state index contributed by atoms with van der Waals surface area (Å²) in [7, 11) is 0. The fourth-order valence-corrected chi connectivity index (χ4v) is 3.29. The second-order valence-electron chi connectivity index (χ2n) is 6.53. The Labute approximate surface area is 165 Å². The van der Waals surface area contributed by atoms with E-state index in [0.717, 1.165) is 4.90 Å². The number of amides is 5. The van der Waals surface area contributed by atoms with Crippen molar-refractivity contribution in [3.8, 4) is 0 Å². The molecule has 2 atom stereocenters. The van der Waals surface area contributed by atoms with Crippen LogP contribution in [0, 0.1) is 0 Å². The summed E-state index contributed by atoms with van der Waals surface area (Å²) in [6, 6.07) is 3.58. The molecule has 2 unspecified atom stereocenters. The van der Waals surface area contributed by atoms with Crippen LogP contribution < -0.4 is 16.4 Å². The lowest BCUT2D eigenvalue weighted by atomic mass is 10.00. The van der Waals surface area contributed by atoms with Gasteiger partial charge in [-0.1, -0.05) is 12.1 Å². The van der Waals surface area contributed by atoms with Crippen LogP contribution in [0.5, 0.6) is 0 Å². The van der Waals surface area contributed by atoms with Crippen molar-refractivity contribution in [2.45, 2.75) is 38.5 Å². The van der Waals surface area contributed by atoms with Crippen LogP contribution in [0.15, 0.2) is 18.2 Å². The van der Waals surface area contributed by atoms with Gasteiger partial charge in [-0.3, -0.25) is 34.3 Å². The average molecular weight is 404 g/mol. The van der Waals surface area contributed by atoms with E-state index >= 15 is 0 Å². The number of carbonyl (C=O) groups is 5. The SMILES string of the molecule is CCNC(=O)OOC(N)Cc1cccc2c1C(=O)N(C1CCC(=O)NC1=O)C2=O. The molecular formula is C18H20N4O7. The zero-order valence-corrected chi connectivity index (χ0v) is 15.6. The molecule has 154 valence electrons. The van der Waals surface area contributed by atoms with Crippen molar-refractivity contribution in [2.24, 2.45) is 5.73 Å². The van der Waals surface area contributed by atoms with Gasteiger partial charge in [-0.05, 0) is 25.0 Å². The predicted molar refractivity (Wildman–Crippen MR) is 96.0 cm³/mol. The van der Waals surface area contributed by atoms with E-state index in [9.17, 15) is 24.0 Å². The van der Waals surface area contributed by atoms with Gasteiger partial charge in [0.1, 0.15) is 6.04 Å². The van der Waals surface area contributed by atoms with Crippen molar-refractivity contribution in [1.29, 1.82) is 0 Å². The average Bonchev–Trinajstić information content (AvgIpc) is 2.92. The molecule has 2 aliphatic heterocycles. The van der Waals surface area contributed by atoms with Crippen molar-refractivity contribution in [2.75, 3.05) is 6.54 Å². The standard InChI is InChI=1S/C18H20N4O7/c1-2-20-18(27)29-28-12(19)8-9-4-3-5-10-14(9)17(26)22(16(10)25)11-6-7-13(23)21-15(11)24/h3-5,11-12H,2,6-8,19H2,1H3,(H,20,27)(H,21,23,24). The fourth-order valence-electron chi connectivity index (χ4n) is 3.29. The van der Waals surface area contributed by atoms with Gasteiger partial charge in [-0.15, -0.1) is 0 Å². The van der Waals surface area contributed by atoms with Crippen LogP contribution in [-0.4, -0.2) is 53.4 Å². The zero-order chi connectivity index (χ0) is 21.1. The van der Waals surface area contributed by atoms with Gasteiger partial charge in [-0.25, -0.2) is 4.79 Å². The Bertz CT molecular complexity index is 885. The van der Waals surface area contributed by atoms with E-state index in [-0.39, 0.29) is 30.4 Å². The molecule has 29 heavy (non-hydrogen) atoms. The second kappa shape index (κ2) is 8.37. The highest BCUT2D eigenvalue weighted by atomic mass is 17.2. The largest absolute Gasteiger partial charge is 0.438 e. The third-order valence-electron chi connectivity index (χ3n) is 4.54. The van der Waals surface area contributed by atoms with Gasteiger partial charge in [0.2, 0.25) is 11.8 Å². The molecule has 1 aromatic carbocycles. The first-order valence-corrected chi connectivity index (χ1v) is 9.03. The van der Waals surface area contributed by atoms with Gasteiger partial charge in [-0.2, -0.15) is 4.89 Å². The van der Waals surface area contributed by atoms with Gasteiger partial charge in [0.15, 0.2) is 6.23 Å². The number of imide groups is 2. The van der Waals surface area contributed by atoms with Gasteiger partial charge in [0.25, 0.3) is 11.8 Å². The molecule has 1 saturated heterocycles. The summed E-state index contributed by atoms with van der Waals surface area (Å²) in [5.74, 6) is -2.40. The van der Waals surface area contributed by atoms with Gasteiger partial charge in [0.05, 0.1) is 11.1 Å². The van der Waals surface area contributed by atoms with Crippen molar-refractivity contribution in [1.82, 2.24) is 15.5 Å². The Kier molecular flexibility index (Phi) is 5.89. The van der Waals surface area contributed by atoms with Crippen LogP contribution in [0.4, 0.5) is 4.79 Å². The van der Waals surface area contributed by atoms with Crippen molar-refractivity contribution in [3.05, 3.63) is 34.9 Å². The maximum absolute atomic E-state index is 13.0. The van der Waals surface area contributed by atoms with Crippen LogP contribution in [0.2, 0.25) is 0 Å². The lowest BCUT2D eigenvalue weighted by Gasteiger charge is -2.27. The number of carbonyl (C=O) groups excluding carboxylic acids is 5. The number of piperidine rings is 1. The van der Waals surface area contributed by atoms with Gasteiger partial charge < -0.3 is 11.1 Å². The quantitative estimate of drug-likeness (QED) is 0.250. The maximum atomic E-state index is 13.0. The molecule has 0 saturated carbocycles. The monoisotopic (exact) mass is 404 g/mol. The molecule has 1 aromatic rings. The molecule has 0 spiro atoms. The van der Waals surface area contributed by atoms with Crippen molar-refractivity contribution < 1.29 is 33.7 Å². The van der Waals surface area contributed by atoms with Crippen molar-refractivity contribution in [3.63, 3.8) is 0 Å². The number of hydrogen-bond donors (Lipinski definition) is 3. The third kappa shape index (κ3) is 4.10. The number of fused-ring (bicyclic) bond motifs is 1. The molecule has 0 radical (unpaired) electrons. The molecule has 4 N–H and O–H groups in total. The minimum absolute atomic E-state index is 0.0230. The number of benzene rings is 1. The van der Waals surface area contributed by atoms with E-state index in [2.05, 4.69) is 15.5 Å². The topological polar surface area (TPSA) is 157 Å². The van der Waals surface area contributed by atoms with Crippen LogP contribution in [0.3, 0.4) is 0 Å². The molecule has 2 heterocycles. The first-order chi connectivity index (χ1) is 13.8. The molecule has 5 amide bonds. The smallest absolute Gasteiger partial charge is 0.319 e. The lowest BCUT2D eigenvalue weighted by Crippen LogP contribution is -2.54. The molecule has 3 rings (SSSR count). The normalized spacial score (nSPS) is 19.7. The van der Waals surface area contributed by atoms with E-state index < -0.39 is 42.0 Å². The van der Waals surface area contributed by atoms with Crippen LogP contribution in [-0.2, 0) is 25.8 Å². The van der Waals surface area contributed by atoms with Crippen LogP contribution in [0.1, 0.15) is 46.0 Å². The highest BCUT2D eigenvalue weighted by Crippen LogP contribution is 2.30. The lowest BCUT2D eigenvalue weighted by molar-refractivity contribution is -0.271. The molecule has 0 aliphatic carbocycles. The Hall–Kier alpha value is -3.31. The van der Waals surface area contributed by atoms with E-state index in [1.54, 1.807) is 19.1 Å². The number of nitrogens with two attached hydrogens (primary N) is 1. The van der Waals surface area contributed by atoms with Gasteiger partial charge in [0, 0.05) is 19.4 Å². The number of rotatable bonds is 6. The molecule has 2 aliphatic rings. The minimum atomic E-state index is -1.09. The molecular weight excluding hydrogens is 384 g/mol. The number of hydrogen-bond acceptors (Lipinski definition) is 8. The predicted octanol–water partition coefficient (Wildman–Crippen LogP) is -0.407. The maximum Gasteiger partial charge on any atom is 0.438 e. The summed E-state index contributed by atoms with van der Waals surface area (Å²) >= 11 is 0.